The molecule has 0 aliphatic heterocycles. The van der Waals surface area contributed by atoms with Crippen LogP contribution in [0.2, 0.25) is 0 Å². The molecule has 0 aliphatic rings. The molecule has 8 heteroatoms. The molecule has 0 fully saturated rings. The summed E-state index contributed by atoms with van der Waals surface area (Å²) in [4.78, 5) is 29.4. The van der Waals surface area contributed by atoms with Gasteiger partial charge in [-0.25, -0.2) is 4.98 Å². The average Bonchev–Trinajstić information content (AvgIpc) is 3.21. The number of amides is 1. The number of unbranched alkanes of at least 4 members (excludes halogenated alkanes) is 1. The molecule has 0 aliphatic carbocycles. The molecule has 0 bridgehead atoms. The lowest BCUT2D eigenvalue weighted by molar-refractivity contribution is -0.116. The molecule has 1 amide bonds. The van der Waals surface area contributed by atoms with Crippen molar-refractivity contribution in [3.63, 3.8) is 0 Å². The molecule has 4 aromatic rings. The third kappa shape index (κ3) is 4.12. The molecular formula is C22H22N6O2. The maximum absolute atomic E-state index is 12.7. The monoisotopic (exact) mass is 402 g/mol. The first-order valence-corrected chi connectivity index (χ1v) is 9.91. The van der Waals surface area contributed by atoms with E-state index >= 15 is 0 Å². The summed E-state index contributed by atoms with van der Waals surface area (Å²) < 4.78 is 2.73. The summed E-state index contributed by atoms with van der Waals surface area (Å²) in [6.45, 7) is 2.00. The number of carbonyl (C=O) groups is 1. The summed E-state index contributed by atoms with van der Waals surface area (Å²) >= 11 is 0. The molecule has 1 N–H and O–H groups in total. The van der Waals surface area contributed by atoms with E-state index in [1.54, 1.807) is 0 Å². The van der Waals surface area contributed by atoms with Crippen molar-refractivity contribution >= 4 is 22.8 Å². The van der Waals surface area contributed by atoms with E-state index in [9.17, 15) is 9.59 Å². The largest absolute Gasteiger partial charge is 0.325 e. The van der Waals surface area contributed by atoms with Gasteiger partial charge < -0.3 is 5.32 Å². The minimum Gasteiger partial charge on any atom is -0.325 e. The van der Waals surface area contributed by atoms with Crippen molar-refractivity contribution in [2.45, 2.75) is 32.7 Å². The quantitative estimate of drug-likeness (QED) is 0.513. The van der Waals surface area contributed by atoms with Crippen molar-refractivity contribution in [2.24, 2.45) is 0 Å². The van der Waals surface area contributed by atoms with Gasteiger partial charge in [-0.05, 0) is 42.7 Å². The van der Waals surface area contributed by atoms with Gasteiger partial charge >= 0.3 is 0 Å². The number of hydrogen-bond acceptors (Lipinski definition) is 5. The average molecular weight is 402 g/mol. The highest BCUT2D eigenvalue weighted by Crippen LogP contribution is 2.13. The molecule has 2 aromatic heterocycles. The van der Waals surface area contributed by atoms with E-state index in [-0.39, 0.29) is 18.0 Å². The number of fused-ring (bicyclic) bond motifs is 1. The fourth-order valence-corrected chi connectivity index (χ4v) is 3.19. The Morgan fingerprint density at radius 1 is 1.07 bits per heavy atom. The van der Waals surface area contributed by atoms with Crippen LogP contribution >= 0.6 is 0 Å². The van der Waals surface area contributed by atoms with E-state index < -0.39 is 5.56 Å². The minimum atomic E-state index is -0.410. The Hall–Kier alpha value is -3.81. The number of hydrogen-bond donors (Lipinski definition) is 1. The highest BCUT2D eigenvalue weighted by Gasteiger charge is 2.14. The van der Waals surface area contributed by atoms with E-state index in [4.69, 9.17) is 0 Å². The zero-order valence-electron chi connectivity index (χ0n) is 16.7. The lowest BCUT2D eigenvalue weighted by Crippen LogP contribution is -2.28. The summed E-state index contributed by atoms with van der Waals surface area (Å²) in [5.41, 5.74) is 2.75. The van der Waals surface area contributed by atoms with Gasteiger partial charge in [-0.15, -0.1) is 5.10 Å². The van der Waals surface area contributed by atoms with Gasteiger partial charge in [0, 0.05) is 5.69 Å². The summed E-state index contributed by atoms with van der Waals surface area (Å²) in [5, 5.41) is 10.8. The molecular weight excluding hydrogens is 380 g/mol. The second-order valence-electron chi connectivity index (χ2n) is 7.04. The van der Waals surface area contributed by atoms with Crippen LogP contribution in [0, 0.1) is 0 Å². The normalized spacial score (nSPS) is 11.0. The van der Waals surface area contributed by atoms with Gasteiger partial charge in [0.1, 0.15) is 12.9 Å². The number of aryl methyl sites for hydroxylation is 1. The van der Waals surface area contributed by atoms with Gasteiger partial charge in [0.25, 0.3) is 5.56 Å². The summed E-state index contributed by atoms with van der Waals surface area (Å²) in [7, 11) is 0. The van der Waals surface area contributed by atoms with Crippen molar-refractivity contribution in [3.8, 4) is 5.69 Å². The van der Waals surface area contributed by atoms with E-state index in [1.165, 1.54) is 21.1 Å². The Kier molecular flexibility index (Phi) is 5.65. The van der Waals surface area contributed by atoms with Crippen LogP contribution in [-0.2, 0) is 17.8 Å². The lowest BCUT2D eigenvalue weighted by atomic mass is 10.1. The SMILES string of the molecule is CCCCc1ccc(NC(=O)Cn2cnc3c(nnn3-c3ccccc3)c2=O)cc1. The Bertz CT molecular complexity index is 1210. The maximum atomic E-state index is 12.7. The smallest absolute Gasteiger partial charge is 0.284 e. The zero-order valence-corrected chi connectivity index (χ0v) is 16.7. The van der Waals surface area contributed by atoms with Gasteiger partial charge in [0.2, 0.25) is 5.91 Å². The fraction of sp³-hybridized carbons (Fsp3) is 0.227. The molecule has 2 aromatic carbocycles. The highest BCUT2D eigenvalue weighted by atomic mass is 16.2. The molecule has 4 rings (SSSR count). The number of nitrogens with zero attached hydrogens (tertiary/aromatic N) is 5. The fourth-order valence-electron chi connectivity index (χ4n) is 3.19. The number of anilines is 1. The number of aromatic nitrogens is 5. The molecule has 0 radical (unpaired) electrons. The number of carbonyl (C=O) groups excluding carboxylic acids is 1. The molecule has 0 unspecified atom stereocenters. The topological polar surface area (TPSA) is 94.7 Å². The highest BCUT2D eigenvalue weighted by molar-refractivity contribution is 5.90. The van der Waals surface area contributed by atoms with Gasteiger partial charge in [-0.2, -0.15) is 4.68 Å². The predicted octanol–water partition coefficient (Wildman–Crippen LogP) is 2.96. The van der Waals surface area contributed by atoms with E-state index in [0.29, 0.717) is 11.3 Å². The van der Waals surface area contributed by atoms with E-state index in [0.717, 1.165) is 24.9 Å². The standard InChI is InChI=1S/C22H22N6O2/c1-2-3-7-16-10-12-17(13-11-16)24-19(29)14-27-15-23-21-20(22(27)30)25-26-28(21)18-8-5-4-6-9-18/h4-6,8-13,15H,2-3,7,14H2,1H3,(H,24,29). The molecule has 0 saturated carbocycles. The first kappa shape index (κ1) is 19.5. The van der Waals surface area contributed by atoms with Crippen molar-refractivity contribution in [1.29, 1.82) is 0 Å². The summed E-state index contributed by atoms with van der Waals surface area (Å²) in [6, 6.07) is 17.1. The first-order valence-electron chi connectivity index (χ1n) is 9.91. The van der Waals surface area contributed by atoms with Crippen molar-refractivity contribution in [1.82, 2.24) is 24.5 Å². The molecule has 0 saturated heterocycles. The van der Waals surface area contributed by atoms with Gasteiger partial charge in [-0.3, -0.25) is 14.2 Å². The Morgan fingerprint density at radius 2 is 1.83 bits per heavy atom. The van der Waals surface area contributed by atoms with Gasteiger partial charge in [-0.1, -0.05) is 48.9 Å². The van der Waals surface area contributed by atoms with Crippen LogP contribution in [0.1, 0.15) is 25.3 Å². The summed E-state index contributed by atoms with van der Waals surface area (Å²) in [6.07, 6.45) is 4.65. The van der Waals surface area contributed by atoms with Crippen LogP contribution < -0.4 is 10.9 Å². The van der Waals surface area contributed by atoms with Crippen molar-refractivity contribution < 1.29 is 4.79 Å². The third-order valence-electron chi connectivity index (χ3n) is 4.80. The molecule has 2 heterocycles. The van der Waals surface area contributed by atoms with Gasteiger partial charge in [0.15, 0.2) is 11.2 Å². The summed E-state index contributed by atoms with van der Waals surface area (Å²) in [5.74, 6) is -0.310. The molecule has 30 heavy (non-hydrogen) atoms. The molecule has 8 nitrogen and oxygen atoms in total. The predicted molar refractivity (Wildman–Crippen MR) is 115 cm³/mol. The van der Waals surface area contributed by atoms with Crippen molar-refractivity contribution in [2.75, 3.05) is 5.32 Å². The van der Waals surface area contributed by atoms with Crippen molar-refractivity contribution in [3.05, 3.63) is 76.8 Å². The van der Waals surface area contributed by atoms with Gasteiger partial charge in [0.05, 0.1) is 5.69 Å². The number of para-hydroxylation sites is 1. The second-order valence-corrected chi connectivity index (χ2v) is 7.04. The van der Waals surface area contributed by atoms with Crippen LogP contribution in [0.25, 0.3) is 16.9 Å². The van der Waals surface area contributed by atoms with Crippen LogP contribution in [0.15, 0.2) is 65.7 Å². The lowest BCUT2D eigenvalue weighted by Gasteiger charge is -2.08. The number of nitrogens with one attached hydrogen (secondary N) is 1. The maximum Gasteiger partial charge on any atom is 0.284 e. The van der Waals surface area contributed by atoms with Crippen LogP contribution in [0.5, 0.6) is 0 Å². The Labute approximate surface area is 173 Å². The third-order valence-corrected chi connectivity index (χ3v) is 4.80. The van der Waals surface area contributed by atoms with E-state index in [2.05, 4.69) is 27.5 Å². The van der Waals surface area contributed by atoms with Crippen LogP contribution in [0.4, 0.5) is 5.69 Å². The number of benzene rings is 2. The second kappa shape index (κ2) is 8.69. The van der Waals surface area contributed by atoms with Crippen LogP contribution in [-0.4, -0.2) is 30.5 Å². The molecule has 0 spiro atoms. The van der Waals surface area contributed by atoms with E-state index in [1.807, 2.05) is 54.6 Å². The Balaban J connectivity index is 1.49. The minimum absolute atomic E-state index is 0.120. The zero-order chi connectivity index (χ0) is 20.9. The number of rotatable bonds is 7. The first-order chi connectivity index (χ1) is 14.7. The van der Waals surface area contributed by atoms with Crippen LogP contribution in [0.3, 0.4) is 0 Å². The molecule has 0 atom stereocenters. The Morgan fingerprint density at radius 3 is 2.57 bits per heavy atom. The molecule has 152 valence electrons.